The average molecular weight is 366 g/mol. The van der Waals surface area contributed by atoms with Crippen LogP contribution in [0.5, 0.6) is 0 Å². The summed E-state index contributed by atoms with van der Waals surface area (Å²) < 4.78 is 5.32. The number of piperazine rings is 1. The molecule has 0 spiro atoms. The molecule has 0 radical (unpaired) electrons. The van der Waals surface area contributed by atoms with E-state index in [0.29, 0.717) is 43.2 Å². The minimum atomic E-state index is -0.0639. The summed E-state index contributed by atoms with van der Waals surface area (Å²) in [5.74, 6) is 0.0994. The van der Waals surface area contributed by atoms with E-state index in [1.54, 1.807) is 17.0 Å². The average Bonchev–Trinajstić information content (AvgIpc) is 2.67. The summed E-state index contributed by atoms with van der Waals surface area (Å²) in [4.78, 5) is 30.8. The fourth-order valence-corrected chi connectivity index (χ4v) is 3.42. The summed E-state index contributed by atoms with van der Waals surface area (Å²) in [5, 5.41) is 0.469. The Labute approximate surface area is 153 Å². The van der Waals surface area contributed by atoms with Crippen molar-refractivity contribution in [1.82, 2.24) is 14.7 Å². The largest absolute Gasteiger partial charge is 0.379 e. The molecule has 2 heterocycles. The Morgan fingerprint density at radius 2 is 1.60 bits per heavy atom. The molecule has 1 aromatic rings. The number of amides is 2. The van der Waals surface area contributed by atoms with Gasteiger partial charge >= 0.3 is 0 Å². The Kier molecular flexibility index (Phi) is 6.29. The molecule has 0 aliphatic carbocycles. The van der Waals surface area contributed by atoms with Crippen LogP contribution in [0.4, 0.5) is 0 Å². The van der Waals surface area contributed by atoms with E-state index in [9.17, 15) is 9.59 Å². The van der Waals surface area contributed by atoms with Gasteiger partial charge in [-0.1, -0.05) is 23.7 Å². The molecule has 2 fully saturated rings. The van der Waals surface area contributed by atoms with E-state index in [1.165, 1.54) is 0 Å². The van der Waals surface area contributed by atoms with E-state index in [1.807, 2.05) is 17.0 Å². The van der Waals surface area contributed by atoms with Crippen LogP contribution in [0.15, 0.2) is 24.3 Å². The first-order chi connectivity index (χ1) is 12.1. The van der Waals surface area contributed by atoms with Gasteiger partial charge in [-0.3, -0.25) is 14.5 Å². The van der Waals surface area contributed by atoms with Crippen LogP contribution >= 0.6 is 11.6 Å². The molecule has 0 saturated carbocycles. The highest BCUT2D eigenvalue weighted by molar-refractivity contribution is 6.33. The lowest BCUT2D eigenvalue weighted by molar-refractivity contribution is -0.133. The first-order valence-electron chi connectivity index (χ1n) is 8.77. The van der Waals surface area contributed by atoms with Crippen LogP contribution in [-0.4, -0.2) is 85.5 Å². The van der Waals surface area contributed by atoms with Crippen molar-refractivity contribution in [3.8, 4) is 0 Å². The van der Waals surface area contributed by atoms with Crippen LogP contribution in [0.3, 0.4) is 0 Å². The second-order valence-electron chi connectivity index (χ2n) is 6.36. The minimum absolute atomic E-state index is 0.0639. The highest BCUT2D eigenvalue weighted by atomic mass is 35.5. The van der Waals surface area contributed by atoms with Gasteiger partial charge in [-0.15, -0.1) is 0 Å². The maximum Gasteiger partial charge on any atom is 0.255 e. The number of nitrogens with zero attached hydrogens (tertiary/aromatic N) is 3. The van der Waals surface area contributed by atoms with Gasteiger partial charge in [-0.2, -0.15) is 0 Å². The molecule has 6 nitrogen and oxygen atoms in total. The summed E-state index contributed by atoms with van der Waals surface area (Å²) in [6.07, 6.45) is 0.526. The molecule has 25 heavy (non-hydrogen) atoms. The van der Waals surface area contributed by atoms with Gasteiger partial charge in [-0.25, -0.2) is 0 Å². The van der Waals surface area contributed by atoms with Crippen molar-refractivity contribution < 1.29 is 14.3 Å². The summed E-state index contributed by atoms with van der Waals surface area (Å²) in [5.41, 5.74) is 0.524. The van der Waals surface area contributed by atoms with Crippen LogP contribution in [0.1, 0.15) is 16.8 Å². The highest BCUT2D eigenvalue weighted by Crippen LogP contribution is 2.18. The molecular weight excluding hydrogens is 342 g/mol. The van der Waals surface area contributed by atoms with Crippen LogP contribution in [0, 0.1) is 0 Å². The van der Waals surface area contributed by atoms with E-state index in [2.05, 4.69) is 4.90 Å². The molecule has 0 aromatic heterocycles. The number of halogens is 1. The van der Waals surface area contributed by atoms with Gasteiger partial charge in [0.1, 0.15) is 0 Å². The lowest BCUT2D eigenvalue weighted by atomic mass is 10.1. The monoisotopic (exact) mass is 365 g/mol. The van der Waals surface area contributed by atoms with Gasteiger partial charge in [0.15, 0.2) is 0 Å². The number of benzene rings is 1. The Morgan fingerprint density at radius 3 is 2.28 bits per heavy atom. The second-order valence-corrected chi connectivity index (χ2v) is 6.76. The second kappa shape index (κ2) is 8.65. The maximum absolute atomic E-state index is 12.5. The standard InChI is InChI=1S/C18H24ClN3O3/c19-16-4-2-1-3-15(16)18(24)22-9-7-21(8-10-22)17(23)5-6-20-11-13-25-14-12-20/h1-4H,5-14H2. The van der Waals surface area contributed by atoms with Crippen molar-refractivity contribution in [2.24, 2.45) is 0 Å². The number of carbonyl (C=O) groups is 2. The molecule has 0 atom stereocenters. The van der Waals surface area contributed by atoms with Crippen molar-refractivity contribution in [2.75, 3.05) is 59.0 Å². The van der Waals surface area contributed by atoms with Crippen molar-refractivity contribution in [3.05, 3.63) is 34.9 Å². The van der Waals surface area contributed by atoms with Gasteiger partial charge in [-0.05, 0) is 12.1 Å². The van der Waals surface area contributed by atoms with Crippen LogP contribution in [-0.2, 0) is 9.53 Å². The normalized spacial score (nSPS) is 19.1. The van der Waals surface area contributed by atoms with Crippen molar-refractivity contribution in [2.45, 2.75) is 6.42 Å². The van der Waals surface area contributed by atoms with Gasteiger partial charge in [0.2, 0.25) is 5.91 Å². The van der Waals surface area contributed by atoms with Crippen LogP contribution < -0.4 is 0 Å². The first-order valence-corrected chi connectivity index (χ1v) is 9.14. The predicted octanol–water partition coefficient (Wildman–Crippen LogP) is 1.35. The summed E-state index contributed by atoms with van der Waals surface area (Å²) in [6, 6.07) is 7.08. The summed E-state index contributed by atoms with van der Waals surface area (Å²) in [7, 11) is 0. The fourth-order valence-electron chi connectivity index (χ4n) is 3.20. The molecule has 3 rings (SSSR count). The van der Waals surface area contributed by atoms with E-state index in [-0.39, 0.29) is 11.8 Å². The van der Waals surface area contributed by atoms with E-state index in [0.717, 1.165) is 32.8 Å². The number of ether oxygens (including phenoxy) is 1. The number of morpholine rings is 1. The summed E-state index contributed by atoms with van der Waals surface area (Å²) in [6.45, 7) is 6.33. The molecular formula is C18H24ClN3O3. The number of rotatable bonds is 4. The van der Waals surface area contributed by atoms with E-state index >= 15 is 0 Å². The molecule has 2 aliphatic heterocycles. The molecule has 0 unspecified atom stereocenters. The smallest absolute Gasteiger partial charge is 0.255 e. The van der Waals surface area contributed by atoms with E-state index < -0.39 is 0 Å². The number of hydrogen-bond acceptors (Lipinski definition) is 4. The molecule has 136 valence electrons. The molecule has 2 saturated heterocycles. The van der Waals surface area contributed by atoms with Gasteiger partial charge in [0.05, 0.1) is 23.8 Å². The maximum atomic E-state index is 12.5. The molecule has 0 N–H and O–H groups in total. The zero-order chi connectivity index (χ0) is 17.6. The third-order valence-electron chi connectivity index (χ3n) is 4.77. The van der Waals surface area contributed by atoms with E-state index in [4.69, 9.17) is 16.3 Å². The molecule has 2 aliphatic rings. The zero-order valence-electron chi connectivity index (χ0n) is 14.3. The SMILES string of the molecule is O=C(CCN1CCOCC1)N1CCN(C(=O)c2ccccc2Cl)CC1. The fraction of sp³-hybridized carbons (Fsp3) is 0.556. The molecule has 1 aromatic carbocycles. The quantitative estimate of drug-likeness (QED) is 0.808. The summed E-state index contributed by atoms with van der Waals surface area (Å²) >= 11 is 6.11. The number of hydrogen-bond donors (Lipinski definition) is 0. The zero-order valence-corrected chi connectivity index (χ0v) is 15.1. The Balaban J connectivity index is 1.45. The molecule has 2 amide bonds. The van der Waals surface area contributed by atoms with Gasteiger partial charge < -0.3 is 14.5 Å². The van der Waals surface area contributed by atoms with Gasteiger partial charge in [0, 0.05) is 52.2 Å². The minimum Gasteiger partial charge on any atom is -0.379 e. The van der Waals surface area contributed by atoms with Crippen LogP contribution in [0.2, 0.25) is 5.02 Å². The lowest BCUT2D eigenvalue weighted by Gasteiger charge is -2.35. The Bertz CT molecular complexity index is 611. The van der Waals surface area contributed by atoms with Crippen molar-refractivity contribution >= 4 is 23.4 Å². The Hall–Kier alpha value is -1.63. The first kappa shape index (κ1) is 18.2. The molecule has 7 heteroatoms. The Morgan fingerprint density at radius 1 is 0.960 bits per heavy atom. The van der Waals surface area contributed by atoms with Crippen LogP contribution in [0.25, 0.3) is 0 Å². The van der Waals surface area contributed by atoms with Gasteiger partial charge in [0.25, 0.3) is 5.91 Å². The lowest BCUT2D eigenvalue weighted by Crippen LogP contribution is -2.51. The predicted molar refractivity (Wildman–Crippen MR) is 95.8 cm³/mol. The third kappa shape index (κ3) is 4.71. The van der Waals surface area contributed by atoms with Crippen molar-refractivity contribution in [1.29, 1.82) is 0 Å². The van der Waals surface area contributed by atoms with Crippen molar-refractivity contribution in [3.63, 3.8) is 0 Å². The topological polar surface area (TPSA) is 53.1 Å². The number of carbonyl (C=O) groups excluding carboxylic acids is 2. The highest BCUT2D eigenvalue weighted by Gasteiger charge is 2.26. The molecule has 0 bridgehead atoms. The third-order valence-corrected chi connectivity index (χ3v) is 5.10.